The van der Waals surface area contributed by atoms with Crippen LogP contribution in [-0.4, -0.2) is 76.4 Å². The van der Waals surface area contributed by atoms with Crippen molar-refractivity contribution >= 4 is 28.8 Å². The standard InChI is InChI=1S/C24H29FN6O4/c1-24(2,34)20(25)14-31-13-15-10-18(29-22(32)17(12-26)21-27-4-3-5-28-21)19(11-16(15)23(31)33)30-6-8-35-9-7-30/h3-5,10-12,20,34H,6-9,13-14,26H2,1-2H3,(H,29,32)/t20-/m1/s1. The van der Waals surface area contributed by atoms with Crippen LogP contribution < -0.4 is 16.0 Å². The Morgan fingerprint density at radius 1 is 1.31 bits per heavy atom. The first-order chi connectivity index (χ1) is 16.7. The summed E-state index contributed by atoms with van der Waals surface area (Å²) in [5, 5.41) is 12.9. The number of nitrogens with two attached hydrogens (primary N) is 1. The van der Waals surface area contributed by atoms with Crippen molar-refractivity contribution in [3.63, 3.8) is 0 Å². The molecule has 1 aromatic carbocycles. The Labute approximate surface area is 202 Å². The lowest BCUT2D eigenvalue weighted by atomic mass is 10.0. The Hall–Kier alpha value is -3.57. The van der Waals surface area contributed by atoms with Crippen molar-refractivity contribution < 1.29 is 23.8 Å². The summed E-state index contributed by atoms with van der Waals surface area (Å²) in [6.45, 7) is 4.83. The van der Waals surface area contributed by atoms with Gasteiger partial charge in [-0.1, -0.05) is 0 Å². The zero-order valence-corrected chi connectivity index (χ0v) is 19.7. The first-order valence-corrected chi connectivity index (χ1v) is 11.3. The molecule has 11 heteroatoms. The summed E-state index contributed by atoms with van der Waals surface area (Å²) < 4.78 is 20.0. The van der Waals surface area contributed by atoms with Gasteiger partial charge in [0.15, 0.2) is 5.82 Å². The Morgan fingerprint density at radius 2 is 2.00 bits per heavy atom. The second-order valence-electron chi connectivity index (χ2n) is 9.04. The van der Waals surface area contributed by atoms with Crippen LogP contribution in [0.25, 0.3) is 5.57 Å². The predicted octanol–water partition coefficient (Wildman–Crippen LogP) is 1.32. The zero-order chi connectivity index (χ0) is 25.2. The number of nitrogens with zero attached hydrogens (tertiary/aromatic N) is 4. The predicted molar refractivity (Wildman–Crippen MR) is 128 cm³/mol. The van der Waals surface area contributed by atoms with E-state index in [1.807, 2.05) is 4.90 Å². The fourth-order valence-corrected chi connectivity index (χ4v) is 4.02. The second kappa shape index (κ2) is 9.96. The quantitative estimate of drug-likeness (QED) is 0.501. The number of amides is 2. The van der Waals surface area contributed by atoms with E-state index in [-0.39, 0.29) is 30.4 Å². The average molecular weight is 485 g/mol. The van der Waals surface area contributed by atoms with Crippen LogP contribution in [-0.2, 0) is 16.1 Å². The van der Waals surface area contributed by atoms with Crippen molar-refractivity contribution in [3.05, 3.63) is 53.7 Å². The van der Waals surface area contributed by atoms with Gasteiger partial charge in [0.25, 0.3) is 11.8 Å². The molecule has 1 saturated heterocycles. The van der Waals surface area contributed by atoms with Gasteiger partial charge in [0.1, 0.15) is 6.17 Å². The molecule has 0 radical (unpaired) electrons. The fraction of sp³-hybridized carbons (Fsp3) is 0.417. The molecule has 0 aliphatic carbocycles. The number of nitrogens with one attached hydrogen (secondary N) is 1. The van der Waals surface area contributed by atoms with Crippen molar-refractivity contribution in [2.24, 2.45) is 5.73 Å². The summed E-state index contributed by atoms with van der Waals surface area (Å²) in [5.41, 5.74) is 6.47. The number of carbonyl (C=O) groups excluding carboxylic acids is 2. The first-order valence-electron chi connectivity index (χ1n) is 11.3. The molecule has 1 aromatic heterocycles. The highest BCUT2D eigenvalue weighted by Crippen LogP contribution is 2.36. The molecule has 0 unspecified atom stereocenters. The smallest absolute Gasteiger partial charge is 0.261 e. The Balaban J connectivity index is 1.65. The molecule has 35 heavy (non-hydrogen) atoms. The number of aliphatic hydroxyl groups is 1. The lowest BCUT2D eigenvalue weighted by molar-refractivity contribution is -0.111. The number of hydrogen-bond acceptors (Lipinski definition) is 8. The molecule has 186 valence electrons. The average Bonchev–Trinajstić information content (AvgIpc) is 3.13. The zero-order valence-electron chi connectivity index (χ0n) is 19.7. The van der Waals surface area contributed by atoms with Gasteiger partial charge in [-0.15, -0.1) is 0 Å². The summed E-state index contributed by atoms with van der Waals surface area (Å²) in [5.74, 6) is -0.636. The third-order valence-electron chi connectivity index (χ3n) is 6.07. The van der Waals surface area contributed by atoms with Gasteiger partial charge in [-0.3, -0.25) is 9.59 Å². The van der Waals surface area contributed by atoms with Crippen molar-refractivity contribution in [2.75, 3.05) is 43.1 Å². The van der Waals surface area contributed by atoms with E-state index in [0.717, 1.165) is 6.20 Å². The van der Waals surface area contributed by atoms with Gasteiger partial charge in [-0.25, -0.2) is 14.4 Å². The third kappa shape index (κ3) is 5.25. The maximum atomic E-state index is 14.5. The molecule has 2 aromatic rings. The maximum Gasteiger partial charge on any atom is 0.261 e. The number of anilines is 2. The van der Waals surface area contributed by atoms with Crippen LogP contribution in [0, 0.1) is 0 Å². The Kier molecular flexibility index (Phi) is 6.99. The molecule has 0 bridgehead atoms. The molecular weight excluding hydrogens is 455 g/mol. The summed E-state index contributed by atoms with van der Waals surface area (Å²) in [6, 6.07) is 5.09. The summed E-state index contributed by atoms with van der Waals surface area (Å²) >= 11 is 0. The van der Waals surface area contributed by atoms with Crippen molar-refractivity contribution in [3.8, 4) is 0 Å². The number of alkyl halides is 1. The van der Waals surface area contributed by atoms with Crippen LogP contribution in [0.1, 0.15) is 35.6 Å². The van der Waals surface area contributed by atoms with E-state index in [4.69, 9.17) is 10.5 Å². The van der Waals surface area contributed by atoms with Crippen LogP contribution in [0.2, 0.25) is 0 Å². The van der Waals surface area contributed by atoms with Crippen LogP contribution in [0.3, 0.4) is 0 Å². The number of fused-ring (bicyclic) bond motifs is 1. The molecule has 2 aliphatic rings. The van der Waals surface area contributed by atoms with E-state index in [1.165, 1.54) is 31.1 Å². The normalized spacial score (nSPS) is 17.4. The minimum atomic E-state index is -1.61. The van der Waals surface area contributed by atoms with E-state index in [1.54, 1.807) is 18.2 Å². The Bertz CT molecular complexity index is 1130. The van der Waals surface area contributed by atoms with Gasteiger partial charge in [0, 0.05) is 43.8 Å². The lowest BCUT2D eigenvalue weighted by Gasteiger charge is -2.31. The molecule has 10 nitrogen and oxygen atoms in total. The van der Waals surface area contributed by atoms with Gasteiger partial charge >= 0.3 is 0 Å². The number of morpholine rings is 1. The molecule has 0 saturated carbocycles. The Morgan fingerprint density at radius 3 is 2.63 bits per heavy atom. The van der Waals surface area contributed by atoms with Crippen LogP contribution in [0.15, 0.2) is 36.8 Å². The molecule has 3 heterocycles. The topological polar surface area (TPSA) is 134 Å². The maximum absolute atomic E-state index is 14.5. The molecule has 2 amide bonds. The van der Waals surface area contributed by atoms with Crippen molar-refractivity contribution in [1.82, 2.24) is 14.9 Å². The number of halogens is 1. The van der Waals surface area contributed by atoms with Crippen LogP contribution in [0.5, 0.6) is 0 Å². The van der Waals surface area contributed by atoms with Gasteiger partial charge in [-0.05, 0) is 37.6 Å². The van der Waals surface area contributed by atoms with Gasteiger partial charge in [-0.2, -0.15) is 0 Å². The highest BCUT2D eigenvalue weighted by Gasteiger charge is 2.35. The monoisotopic (exact) mass is 484 g/mol. The minimum absolute atomic E-state index is 0.0992. The molecule has 4 N–H and O–H groups in total. The number of rotatable bonds is 7. The third-order valence-corrected chi connectivity index (χ3v) is 6.07. The summed E-state index contributed by atoms with van der Waals surface area (Å²) in [4.78, 5) is 37.8. The number of aromatic nitrogens is 2. The molecule has 0 spiro atoms. The largest absolute Gasteiger partial charge is 0.404 e. The lowest BCUT2D eigenvalue weighted by Crippen LogP contribution is -2.42. The first kappa shape index (κ1) is 24.6. The summed E-state index contributed by atoms with van der Waals surface area (Å²) in [7, 11) is 0. The highest BCUT2D eigenvalue weighted by atomic mass is 19.1. The SMILES string of the molecule is CC(C)(O)[C@H](F)CN1Cc2cc(NC(=O)C(=CN)c3ncccn3)c(N3CCOCC3)cc2C1=O. The van der Waals surface area contributed by atoms with E-state index >= 15 is 0 Å². The molecular formula is C24H29FN6O4. The van der Waals surface area contributed by atoms with Gasteiger partial charge in [0.05, 0.1) is 42.3 Å². The van der Waals surface area contributed by atoms with E-state index in [2.05, 4.69) is 15.3 Å². The minimum Gasteiger partial charge on any atom is -0.404 e. The number of hydrogen-bond donors (Lipinski definition) is 3. The fourth-order valence-electron chi connectivity index (χ4n) is 4.02. The second-order valence-corrected chi connectivity index (χ2v) is 9.04. The number of ether oxygens (including phenoxy) is 1. The van der Waals surface area contributed by atoms with Crippen LogP contribution in [0.4, 0.5) is 15.8 Å². The van der Waals surface area contributed by atoms with E-state index in [9.17, 15) is 19.1 Å². The number of benzene rings is 1. The van der Waals surface area contributed by atoms with Gasteiger partial charge < -0.3 is 30.7 Å². The van der Waals surface area contributed by atoms with Crippen molar-refractivity contribution in [1.29, 1.82) is 0 Å². The number of carbonyl (C=O) groups is 2. The van der Waals surface area contributed by atoms with Crippen molar-refractivity contribution in [2.45, 2.75) is 32.2 Å². The summed E-state index contributed by atoms with van der Waals surface area (Å²) in [6.07, 6.45) is 2.57. The molecule has 1 fully saturated rings. The highest BCUT2D eigenvalue weighted by molar-refractivity contribution is 6.25. The van der Waals surface area contributed by atoms with Gasteiger partial charge in [0.2, 0.25) is 0 Å². The molecule has 2 aliphatic heterocycles. The van der Waals surface area contributed by atoms with Crippen LogP contribution >= 0.6 is 0 Å². The van der Waals surface area contributed by atoms with E-state index in [0.29, 0.717) is 48.8 Å². The molecule has 1 atom stereocenters. The molecule has 4 rings (SSSR count). The van der Waals surface area contributed by atoms with E-state index < -0.39 is 17.7 Å².